The summed E-state index contributed by atoms with van der Waals surface area (Å²) in [5, 5.41) is 3.56. The van der Waals surface area contributed by atoms with E-state index in [-0.39, 0.29) is 12.2 Å². The molecule has 22 heavy (non-hydrogen) atoms. The molecule has 1 atom stereocenters. The molecule has 1 fully saturated rings. The second-order valence-electron chi connectivity index (χ2n) is 5.59. The molecule has 1 saturated heterocycles. The van der Waals surface area contributed by atoms with Gasteiger partial charge < -0.3 is 9.26 Å². The second-order valence-corrected chi connectivity index (χ2v) is 7.99. The summed E-state index contributed by atoms with van der Waals surface area (Å²) in [7, 11) is -1.40. The van der Waals surface area contributed by atoms with E-state index >= 15 is 0 Å². The van der Waals surface area contributed by atoms with Gasteiger partial charge in [0.25, 0.3) is 0 Å². The Morgan fingerprint density at radius 3 is 2.86 bits per heavy atom. The number of benzene rings is 1. The van der Waals surface area contributed by atoms with Gasteiger partial charge in [-0.2, -0.15) is 4.98 Å². The highest BCUT2D eigenvalue weighted by Gasteiger charge is 2.32. The molecule has 2 heterocycles. The molecule has 0 amide bonds. The Balaban J connectivity index is 1.83. The molecular weight excluding hydrogens is 304 g/mol. The summed E-state index contributed by atoms with van der Waals surface area (Å²) in [5.41, 5.74) is 1.82. The summed E-state index contributed by atoms with van der Waals surface area (Å²) in [6.07, 6.45) is 1.67. The molecular formula is C15H18N2O4S. The molecule has 1 aromatic heterocycles. The lowest BCUT2D eigenvalue weighted by Gasteiger charge is -2.04. The Hall–Kier alpha value is -1.89. The summed E-state index contributed by atoms with van der Waals surface area (Å²) < 4.78 is 34.2. The van der Waals surface area contributed by atoms with Crippen molar-refractivity contribution in [3.63, 3.8) is 0 Å². The minimum Gasteiger partial charge on any atom is -0.497 e. The first-order chi connectivity index (χ1) is 10.5. The first-order valence-electron chi connectivity index (χ1n) is 7.18. The minimum atomic E-state index is -3.01. The first-order valence-corrected chi connectivity index (χ1v) is 8.90. The molecule has 0 spiro atoms. The SMILES string of the molecule is COc1cc(C)cc(-c2noc(CC3CCCS3(=O)=O)n2)c1. The number of hydrogen-bond donors (Lipinski definition) is 0. The minimum absolute atomic E-state index is 0.258. The van der Waals surface area contributed by atoms with Crippen LogP contribution in [0.2, 0.25) is 0 Å². The average Bonchev–Trinajstić information content (AvgIpc) is 3.06. The van der Waals surface area contributed by atoms with E-state index in [4.69, 9.17) is 9.26 Å². The quantitative estimate of drug-likeness (QED) is 0.858. The Bertz CT molecular complexity index is 783. The topological polar surface area (TPSA) is 82.3 Å². The van der Waals surface area contributed by atoms with E-state index in [0.29, 0.717) is 24.6 Å². The van der Waals surface area contributed by atoms with Gasteiger partial charge in [0.15, 0.2) is 9.84 Å². The first kappa shape index (κ1) is 15.0. The second kappa shape index (κ2) is 5.72. The predicted octanol–water partition coefficient (Wildman–Crippen LogP) is 2.17. The number of methoxy groups -OCH3 is 1. The van der Waals surface area contributed by atoms with Crippen LogP contribution in [0.5, 0.6) is 5.75 Å². The third kappa shape index (κ3) is 2.99. The van der Waals surface area contributed by atoms with Gasteiger partial charge in [-0.25, -0.2) is 8.42 Å². The van der Waals surface area contributed by atoms with Crippen molar-refractivity contribution in [1.29, 1.82) is 0 Å². The Kier molecular flexibility index (Phi) is 3.90. The molecule has 2 aromatic rings. The van der Waals surface area contributed by atoms with Crippen molar-refractivity contribution in [3.05, 3.63) is 29.7 Å². The molecule has 0 N–H and O–H groups in total. The van der Waals surface area contributed by atoms with E-state index in [1.165, 1.54) is 0 Å². The van der Waals surface area contributed by atoms with Crippen LogP contribution < -0.4 is 4.74 Å². The van der Waals surface area contributed by atoms with E-state index in [1.54, 1.807) is 7.11 Å². The molecule has 118 valence electrons. The molecule has 0 aliphatic carbocycles. The predicted molar refractivity (Wildman–Crippen MR) is 81.5 cm³/mol. The maximum Gasteiger partial charge on any atom is 0.228 e. The Morgan fingerprint density at radius 2 is 2.18 bits per heavy atom. The number of rotatable bonds is 4. The number of sulfone groups is 1. The van der Waals surface area contributed by atoms with Gasteiger partial charge in [-0.05, 0) is 43.5 Å². The highest BCUT2D eigenvalue weighted by molar-refractivity contribution is 7.92. The molecule has 1 unspecified atom stereocenters. The van der Waals surface area contributed by atoms with Crippen LogP contribution in [0, 0.1) is 6.92 Å². The fourth-order valence-electron chi connectivity index (χ4n) is 2.73. The number of hydrogen-bond acceptors (Lipinski definition) is 6. The molecule has 1 aliphatic rings. The summed E-state index contributed by atoms with van der Waals surface area (Å²) in [4.78, 5) is 4.33. The van der Waals surface area contributed by atoms with Gasteiger partial charge in [0.05, 0.1) is 18.1 Å². The van der Waals surface area contributed by atoms with Crippen LogP contribution in [0.15, 0.2) is 22.7 Å². The van der Waals surface area contributed by atoms with Crippen molar-refractivity contribution in [2.75, 3.05) is 12.9 Å². The average molecular weight is 322 g/mol. The van der Waals surface area contributed by atoms with Gasteiger partial charge in [-0.3, -0.25) is 0 Å². The highest BCUT2D eigenvalue weighted by atomic mass is 32.2. The zero-order valence-corrected chi connectivity index (χ0v) is 13.4. The smallest absolute Gasteiger partial charge is 0.228 e. The number of ether oxygens (including phenoxy) is 1. The van der Waals surface area contributed by atoms with Gasteiger partial charge in [0, 0.05) is 12.0 Å². The number of nitrogens with zero attached hydrogens (tertiary/aromatic N) is 2. The summed E-state index contributed by atoms with van der Waals surface area (Å²) >= 11 is 0. The molecule has 0 bridgehead atoms. The molecule has 0 saturated carbocycles. The lowest BCUT2D eigenvalue weighted by atomic mass is 10.1. The van der Waals surface area contributed by atoms with E-state index in [2.05, 4.69) is 10.1 Å². The van der Waals surface area contributed by atoms with Gasteiger partial charge in [-0.15, -0.1) is 0 Å². The van der Waals surface area contributed by atoms with Crippen molar-refractivity contribution >= 4 is 9.84 Å². The van der Waals surface area contributed by atoms with Crippen molar-refractivity contribution in [2.45, 2.75) is 31.4 Å². The molecule has 7 heteroatoms. The van der Waals surface area contributed by atoms with Crippen LogP contribution in [0.1, 0.15) is 24.3 Å². The largest absolute Gasteiger partial charge is 0.497 e. The molecule has 1 aromatic carbocycles. The van der Waals surface area contributed by atoms with Crippen molar-refractivity contribution in [3.8, 4) is 17.1 Å². The highest BCUT2D eigenvalue weighted by Crippen LogP contribution is 2.26. The summed E-state index contributed by atoms with van der Waals surface area (Å²) in [6, 6.07) is 5.67. The van der Waals surface area contributed by atoms with Crippen molar-refractivity contribution < 1.29 is 17.7 Å². The van der Waals surface area contributed by atoms with Crippen LogP contribution in [-0.2, 0) is 16.3 Å². The maximum atomic E-state index is 11.9. The monoisotopic (exact) mass is 322 g/mol. The van der Waals surface area contributed by atoms with Crippen LogP contribution in [-0.4, -0.2) is 36.7 Å². The van der Waals surface area contributed by atoms with E-state index in [1.807, 2.05) is 25.1 Å². The number of aryl methyl sites for hydroxylation is 1. The summed E-state index contributed by atoms with van der Waals surface area (Å²) in [5.74, 6) is 1.80. The van der Waals surface area contributed by atoms with Crippen molar-refractivity contribution in [1.82, 2.24) is 10.1 Å². The number of aromatic nitrogens is 2. The zero-order chi connectivity index (χ0) is 15.7. The van der Waals surface area contributed by atoms with Crippen LogP contribution in [0.25, 0.3) is 11.4 Å². The Labute approximate surface area is 129 Å². The van der Waals surface area contributed by atoms with Gasteiger partial charge in [-0.1, -0.05) is 5.16 Å². The van der Waals surface area contributed by atoms with Gasteiger partial charge >= 0.3 is 0 Å². The van der Waals surface area contributed by atoms with Gasteiger partial charge in [0.1, 0.15) is 5.75 Å². The van der Waals surface area contributed by atoms with Gasteiger partial charge in [0.2, 0.25) is 11.7 Å². The fourth-order valence-corrected chi connectivity index (χ4v) is 4.56. The molecule has 1 aliphatic heterocycles. The maximum absolute atomic E-state index is 11.9. The third-order valence-electron chi connectivity index (χ3n) is 3.88. The molecule has 0 radical (unpaired) electrons. The Morgan fingerprint density at radius 1 is 1.36 bits per heavy atom. The zero-order valence-electron chi connectivity index (χ0n) is 12.6. The lowest BCUT2D eigenvalue weighted by Crippen LogP contribution is -2.18. The van der Waals surface area contributed by atoms with Crippen LogP contribution >= 0.6 is 0 Å². The summed E-state index contributed by atoms with van der Waals surface area (Å²) in [6.45, 7) is 1.96. The normalized spacial score (nSPS) is 20.2. The fraction of sp³-hybridized carbons (Fsp3) is 0.467. The third-order valence-corrected chi connectivity index (χ3v) is 6.15. The van der Waals surface area contributed by atoms with Crippen LogP contribution in [0.3, 0.4) is 0 Å². The van der Waals surface area contributed by atoms with Crippen molar-refractivity contribution in [2.24, 2.45) is 0 Å². The van der Waals surface area contributed by atoms with E-state index in [9.17, 15) is 8.42 Å². The van der Waals surface area contributed by atoms with E-state index in [0.717, 1.165) is 16.9 Å². The molecule has 3 rings (SSSR count). The molecule has 6 nitrogen and oxygen atoms in total. The van der Waals surface area contributed by atoms with E-state index < -0.39 is 15.1 Å². The standard InChI is InChI=1S/C15H18N2O4S/c1-10-6-11(8-12(7-10)20-2)15-16-14(21-17-15)9-13-4-3-5-22(13,18)19/h6-8,13H,3-5,9H2,1-2H3. The lowest BCUT2D eigenvalue weighted by molar-refractivity contribution is 0.375. The van der Waals surface area contributed by atoms with Crippen LogP contribution in [0.4, 0.5) is 0 Å².